The lowest BCUT2D eigenvalue weighted by Gasteiger charge is -2.15. The first-order valence-corrected chi connectivity index (χ1v) is 8.46. The molecule has 0 atom stereocenters. The van der Waals surface area contributed by atoms with E-state index >= 15 is 0 Å². The van der Waals surface area contributed by atoms with Crippen molar-refractivity contribution < 1.29 is 14.6 Å². The Labute approximate surface area is 157 Å². The average Bonchev–Trinajstić information content (AvgIpc) is 2.63. The van der Waals surface area contributed by atoms with Crippen LogP contribution in [-0.2, 0) is 0 Å². The summed E-state index contributed by atoms with van der Waals surface area (Å²) in [5.74, 6) is 0.874. The fourth-order valence-electron chi connectivity index (χ4n) is 2.44. The Morgan fingerprint density at radius 1 is 1.00 bits per heavy atom. The summed E-state index contributed by atoms with van der Waals surface area (Å²) in [4.78, 5) is 19.5. The van der Waals surface area contributed by atoms with Crippen molar-refractivity contribution in [3.05, 3.63) is 66.5 Å². The summed E-state index contributed by atoms with van der Waals surface area (Å²) in [5.41, 5.74) is 1.62. The number of nitrogens with one attached hydrogen (secondary N) is 2. The van der Waals surface area contributed by atoms with E-state index in [-0.39, 0.29) is 11.7 Å². The van der Waals surface area contributed by atoms with Gasteiger partial charge in [0.25, 0.3) is 0 Å². The summed E-state index contributed by atoms with van der Waals surface area (Å²) >= 11 is 0. The van der Waals surface area contributed by atoms with Gasteiger partial charge in [-0.15, -0.1) is 0 Å². The highest BCUT2D eigenvalue weighted by Crippen LogP contribution is 2.28. The molecule has 0 radical (unpaired) electrons. The second kappa shape index (κ2) is 8.18. The van der Waals surface area contributed by atoms with Crippen LogP contribution in [-0.4, -0.2) is 27.1 Å². The first-order valence-electron chi connectivity index (χ1n) is 8.46. The molecule has 3 N–H and O–H groups in total. The molecule has 3 aromatic rings. The van der Waals surface area contributed by atoms with Crippen LogP contribution in [0.5, 0.6) is 5.75 Å². The predicted molar refractivity (Wildman–Crippen MR) is 104 cm³/mol. The van der Waals surface area contributed by atoms with Gasteiger partial charge < -0.3 is 20.5 Å². The summed E-state index contributed by atoms with van der Waals surface area (Å²) in [7, 11) is 0. The molecule has 0 saturated carbocycles. The Kier molecular flexibility index (Phi) is 5.51. The molecule has 2 aromatic carbocycles. The number of rotatable bonds is 7. The lowest BCUT2D eigenvalue weighted by Crippen LogP contribution is -2.07. The van der Waals surface area contributed by atoms with Gasteiger partial charge >= 0.3 is 5.97 Å². The molecule has 0 unspecified atom stereocenters. The highest BCUT2D eigenvalue weighted by molar-refractivity contribution is 5.89. The summed E-state index contributed by atoms with van der Waals surface area (Å²) in [6.45, 7) is 3.93. The van der Waals surface area contributed by atoms with Gasteiger partial charge in [0.1, 0.15) is 23.7 Å². The van der Waals surface area contributed by atoms with Crippen LogP contribution >= 0.6 is 0 Å². The van der Waals surface area contributed by atoms with Crippen LogP contribution in [0.1, 0.15) is 24.2 Å². The molecule has 1 heterocycles. The average molecular weight is 364 g/mol. The number of carbonyl (C=O) groups is 1. The van der Waals surface area contributed by atoms with E-state index in [1.165, 1.54) is 12.4 Å². The molecule has 0 bridgehead atoms. The lowest BCUT2D eigenvalue weighted by atomic mass is 10.2. The normalized spacial score (nSPS) is 10.5. The first kappa shape index (κ1) is 18.2. The third-order valence-corrected chi connectivity index (χ3v) is 3.56. The van der Waals surface area contributed by atoms with Crippen LogP contribution in [0, 0.1) is 0 Å². The van der Waals surface area contributed by atoms with Crippen LogP contribution in [0.2, 0.25) is 0 Å². The van der Waals surface area contributed by atoms with Crippen LogP contribution in [0.3, 0.4) is 0 Å². The molecule has 7 nitrogen and oxygen atoms in total. The van der Waals surface area contributed by atoms with Gasteiger partial charge in [0.05, 0.1) is 17.4 Å². The third kappa shape index (κ3) is 4.94. The number of aromatic carboxylic acids is 1. The SMILES string of the molecule is CC(C)Oc1ccccc1Nc1cc(Nc2cccc(C(=O)O)c2)ncn1. The first-order chi connectivity index (χ1) is 13.0. The largest absolute Gasteiger partial charge is 0.489 e. The molecule has 0 aliphatic heterocycles. The number of hydrogen-bond donors (Lipinski definition) is 3. The number of aromatic nitrogens is 2. The maximum atomic E-state index is 11.1. The van der Waals surface area contributed by atoms with Crippen LogP contribution in [0.15, 0.2) is 60.9 Å². The van der Waals surface area contributed by atoms with Gasteiger partial charge in [-0.2, -0.15) is 0 Å². The van der Waals surface area contributed by atoms with Crippen molar-refractivity contribution in [3.63, 3.8) is 0 Å². The summed E-state index contributed by atoms with van der Waals surface area (Å²) < 4.78 is 5.80. The van der Waals surface area contributed by atoms with Gasteiger partial charge in [-0.1, -0.05) is 18.2 Å². The molecule has 0 aliphatic carbocycles. The van der Waals surface area contributed by atoms with Crippen LogP contribution in [0.25, 0.3) is 0 Å². The Bertz CT molecular complexity index is 944. The predicted octanol–water partition coefficient (Wildman–Crippen LogP) is 4.45. The van der Waals surface area contributed by atoms with Gasteiger partial charge in [-0.25, -0.2) is 14.8 Å². The fraction of sp³-hybridized carbons (Fsp3) is 0.150. The number of hydrogen-bond acceptors (Lipinski definition) is 6. The van der Waals surface area contributed by atoms with E-state index < -0.39 is 5.97 Å². The number of carboxylic acids is 1. The van der Waals surface area contributed by atoms with Gasteiger partial charge in [-0.3, -0.25) is 0 Å². The summed E-state index contributed by atoms with van der Waals surface area (Å²) in [5, 5.41) is 15.4. The van der Waals surface area contributed by atoms with E-state index in [4.69, 9.17) is 9.84 Å². The maximum Gasteiger partial charge on any atom is 0.335 e. The number of benzene rings is 2. The van der Waals surface area contributed by atoms with Crippen molar-refractivity contribution in [2.75, 3.05) is 10.6 Å². The van der Waals surface area contributed by atoms with Gasteiger partial charge in [0.15, 0.2) is 0 Å². The minimum atomic E-state index is -0.981. The van der Waals surface area contributed by atoms with Crippen molar-refractivity contribution in [3.8, 4) is 5.75 Å². The molecular formula is C20H20N4O3. The molecule has 27 heavy (non-hydrogen) atoms. The van der Waals surface area contributed by atoms with Gasteiger partial charge in [-0.05, 0) is 44.2 Å². The Balaban J connectivity index is 1.79. The molecule has 0 spiro atoms. The number of para-hydroxylation sites is 2. The van der Waals surface area contributed by atoms with Gasteiger partial charge in [0.2, 0.25) is 0 Å². The van der Waals surface area contributed by atoms with E-state index in [2.05, 4.69) is 20.6 Å². The number of ether oxygens (including phenoxy) is 1. The molecule has 3 rings (SSSR count). The molecule has 0 fully saturated rings. The van der Waals surface area contributed by atoms with Crippen LogP contribution in [0.4, 0.5) is 23.0 Å². The zero-order valence-electron chi connectivity index (χ0n) is 15.0. The van der Waals surface area contributed by atoms with E-state index in [1.807, 2.05) is 38.1 Å². The van der Waals surface area contributed by atoms with E-state index in [0.717, 1.165) is 11.4 Å². The van der Waals surface area contributed by atoms with Crippen molar-refractivity contribution in [1.29, 1.82) is 0 Å². The summed E-state index contributed by atoms with van der Waals surface area (Å²) in [6, 6.07) is 15.9. The minimum absolute atomic E-state index is 0.0529. The molecule has 0 aliphatic rings. The zero-order valence-corrected chi connectivity index (χ0v) is 15.0. The van der Waals surface area contributed by atoms with Crippen molar-refractivity contribution in [2.24, 2.45) is 0 Å². The molecular weight excluding hydrogens is 344 g/mol. The monoisotopic (exact) mass is 364 g/mol. The maximum absolute atomic E-state index is 11.1. The molecule has 1 aromatic heterocycles. The molecule has 138 valence electrons. The Morgan fingerprint density at radius 3 is 2.48 bits per heavy atom. The fourth-order valence-corrected chi connectivity index (χ4v) is 2.44. The topological polar surface area (TPSA) is 96.4 Å². The molecule has 7 heteroatoms. The second-order valence-corrected chi connectivity index (χ2v) is 6.09. The lowest BCUT2D eigenvalue weighted by molar-refractivity contribution is 0.0697. The van der Waals surface area contributed by atoms with E-state index in [9.17, 15) is 4.79 Å². The third-order valence-electron chi connectivity index (χ3n) is 3.56. The van der Waals surface area contributed by atoms with Crippen molar-refractivity contribution >= 4 is 29.0 Å². The van der Waals surface area contributed by atoms with E-state index in [1.54, 1.807) is 24.3 Å². The number of carboxylic acid groups (broad SMARTS) is 1. The smallest absolute Gasteiger partial charge is 0.335 e. The van der Waals surface area contributed by atoms with Crippen molar-refractivity contribution in [2.45, 2.75) is 20.0 Å². The van der Waals surface area contributed by atoms with E-state index in [0.29, 0.717) is 17.3 Å². The van der Waals surface area contributed by atoms with Crippen molar-refractivity contribution in [1.82, 2.24) is 9.97 Å². The van der Waals surface area contributed by atoms with Crippen LogP contribution < -0.4 is 15.4 Å². The number of nitrogens with zero attached hydrogens (tertiary/aromatic N) is 2. The highest BCUT2D eigenvalue weighted by Gasteiger charge is 2.08. The Morgan fingerprint density at radius 2 is 1.74 bits per heavy atom. The molecule has 0 saturated heterocycles. The number of anilines is 4. The second-order valence-electron chi connectivity index (χ2n) is 6.09. The minimum Gasteiger partial charge on any atom is -0.489 e. The molecule has 0 amide bonds. The Hall–Kier alpha value is -3.61. The quantitative estimate of drug-likeness (QED) is 0.570. The summed E-state index contributed by atoms with van der Waals surface area (Å²) in [6.07, 6.45) is 1.48. The highest BCUT2D eigenvalue weighted by atomic mass is 16.5. The standard InChI is InChI=1S/C20H20N4O3/c1-13(2)27-17-9-4-3-8-16(17)24-19-11-18(21-12-22-19)23-15-7-5-6-14(10-15)20(25)26/h3-13H,1-2H3,(H,25,26)(H2,21,22,23,24). The van der Waals surface area contributed by atoms with Gasteiger partial charge in [0, 0.05) is 11.8 Å². The zero-order chi connectivity index (χ0) is 19.2.